The fourth-order valence-electron chi connectivity index (χ4n) is 2.39. The van der Waals surface area contributed by atoms with Gasteiger partial charge in [0.2, 0.25) is 5.91 Å². The highest BCUT2D eigenvalue weighted by Crippen LogP contribution is 2.30. The van der Waals surface area contributed by atoms with Crippen molar-refractivity contribution in [1.82, 2.24) is 5.43 Å². The number of hydrazone groups is 1. The van der Waals surface area contributed by atoms with Crippen LogP contribution >= 0.6 is 11.6 Å². The first kappa shape index (κ1) is 17.8. The third kappa shape index (κ3) is 4.52. The summed E-state index contributed by atoms with van der Waals surface area (Å²) in [5.74, 6) is 1.57. The molecule has 6 heteroatoms. The molecule has 3 rings (SSSR count). The Bertz CT molecular complexity index is 920. The molecule has 1 aromatic heterocycles. The fraction of sp³-hybridized carbons (Fsp3) is 0.100. The zero-order chi connectivity index (χ0) is 18.4. The topological polar surface area (TPSA) is 63.8 Å². The van der Waals surface area contributed by atoms with Crippen molar-refractivity contribution in [3.05, 3.63) is 77.0 Å². The minimum atomic E-state index is -0.193. The number of methoxy groups -OCH3 is 1. The largest absolute Gasteiger partial charge is 0.495 e. The van der Waals surface area contributed by atoms with Gasteiger partial charge in [0.25, 0.3) is 0 Å². The summed E-state index contributed by atoms with van der Waals surface area (Å²) in [6, 6.07) is 18.4. The number of nitrogens with one attached hydrogen (secondary N) is 1. The molecule has 0 unspecified atom stereocenters. The van der Waals surface area contributed by atoms with Crippen LogP contribution in [0.25, 0.3) is 11.3 Å². The third-order valence-electron chi connectivity index (χ3n) is 3.65. The smallest absolute Gasteiger partial charge is 0.244 e. The Morgan fingerprint density at radius 1 is 1.19 bits per heavy atom. The van der Waals surface area contributed by atoms with Crippen LogP contribution < -0.4 is 10.2 Å². The van der Waals surface area contributed by atoms with E-state index in [-0.39, 0.29) is 12.3 Å². The van der Waals surface area contributed by atoms with Crippen molar-refractivity contribution >= 4 is 23.7 Å². The summed E-state index contributed by atoms with van der Waals surface area (Å²) in [6.07, 6.45) is 1.73. The lowest BCUT2D eigenvalue weighted by Crippen LogP contribution is -2.19. The Labute approximate surface area is 156 Å². The fourth-order valence-corrected chi connectivity index (χ4v) is 2.64. The predicted octanol–water partition coefficient (Wildman–Crippen LogP) is 4.30. The zero-order valence-corrected chi connectivity index (χ0v) is 14.9. The van der Waals surface area contributed by atoms with Crippen molar-refractivity contribution in [2.45, 2.75) is 6.42 Å². The van der Waals surface area contributed by atoms with E-state index in [0.29, 0.717) is 22.3 Å². The number of benzene rings is 2. The van der Waals surface area contributed by atoms with Gasteiger partial charge < -0.3 is 9.15 Å². The van der Waals surface area contributed by atoms with Gasteiger partial charge in [-0.15, -0.1) is 0 Å². The summed E-state index contributed by atoms with van der Waals surface area (Å²) < 4.78 is 10.8. The first-order chi connectivity index (χ1) is 12.7. The average Bonchev–Trinajstić information content (AvgIpc) is 3.11. The second-order valence-corrected chi connectivity index (χ2v) is 5.91. The first-order valence-corrected chi connectivity index (χ1v) is 8.33. The highest BCUT2D eigenvalue weighted by molar-refractivity contribution is 6.32. The van der Waals surface area contributed by atoms with Crippen LogP contribution in [0.2, 0.25) is 5.02 Å². The zero-order valence-electron chi connectivity index (χ0n) is 14.1. The molecule has 0 saturated carbocycles. The Hall–Kier alpha value is -3.05. The molecular weight excluding hydrogens is 352 g/mol. The second kappa shape index (κ2) is 8.36. The van der Waals surface area contributed by atoms with Crippen LogP contribution in [0.15, 0.2) is 70.2 Å². The molecule has 2 aromatic carbocycles. The van der Waals surface area contributed by atoms with Gasteiger partial charge in [0.15, 0.2) is 0 Å². The van der Waals surface area contributed by atoms with Gasteiger partial charge in [-0.1, -0.05) is 41.9 Å². The standard InChI is InChI=1S/C20H17ClN2O3/c1-25-19-9-7-15(12-17(19)21)18-10-8-16(26-18)13-22-23-20(24)11-14-5-3-2-4-6-14/h2-10,12-13H,11H2,1H3,(H,23,24)/b22-13+. The van der Waals surface area contributed by atoms with Gasteiger partial charge in [-0.05, 0) is 35.9 Å². The summed E-state index contributed by atoms with van der Waals surface area (Å²) in [6.45, 7) is 0. The molecule has 0 bridgehead atoms. The molecular formula is C20H17ClN2O3. The van der Waals surface area contributed by atoms with Gasteiger partial charge in [0.1, 0.15) is 17.3 Å². The summed E-state index contributed by atoms with van der Waals surface area (Å²) in [5.41, 5.74) is 4.24. The van der Waals surface area contributed by atoms with Crippen molar-refractivity contribution in [2.75, 3.05) is 7.11 Å². The van der Waals surface area contributed by atoms with Gasteiger partial charge in [-0.2, -0.15) is 5.10 Å². The van der Waals surface area contributed by atoms with E-state index in [2.05, 4.69) is 10.5 Å². The van der Waals surface area contributed by atoms with E-state index in [4.69, 9.17) is 20.8 Å². The average molecular weight is 369 g/mol. The quantitative estimate of drug-likeness (QED) is 0.521. The number of nitrogens with zero attached hydrogens (tertiary/aromatic N) is 1. The van der Waals surface area contributed by atoms with Crippen LogP contribution in [0, 0.1) is 0 Å². The van der Waals surface area contributed by atoms with Gasteiger partial charge in [0, 0.05) is 5.56 Å². The number of amides is 1. The van der Waals surface area contributed by atoms with Crippen LogP contribution in [0.4, 0.5) is 0 Å². The molecule has 0 radical (unpaired) electrons. The Kier molecular flexibility index (Phi) is 5.71. The highest BCUT2D eigenvalue weighted by atomic mass is 35.5. The maximum atomic E-state index is 11.8. The minimum absolute atomic E-state index is 0.193. The number of ether oxygens (including phenoxy) is 1. The van der Waals surface area contributed by atoms with Crippen molar-refractivity contribution in [2.24, 2.45) is 5.10 Å². The van der Waals surface area contributed by atoms with E-state index in [1.807, 2.05) is 42.5 Å². The molecule has 0 aliphatic heterocycles. The van der Waals surface area contributed by atoms with E-state index in [9.17, 15) is 4.79 Å². The predicted molar refractivity (Wildman–Crippen MR) is 102 cm³/mol. The van der Waals surface area contributed by atoms with Gasteiger partial charge in [-0.25, -0.2) is 5.43 Å². The lowest BCUT2D eigenvalue weighted by molar-refractivity contribution is -0.120. The number of carbonyl (C=O) groups is 1. The van der Waals surface area contributed by atoms with E-state index in [1.165, 1.54) is 6.21 Å². The number of halogens is 1. The molecule has 0 aliphatic carbocycles. The normalized spacial score (nSPS) is 10.8. The highest BCUT2D eigenvalue weighted by Gasteiger charge is 2.07. The maximum Gasteiger partial charge on any atom is 0.244 e. The van der Waals surface area contributed by atoms with Crippen LogP contribution in [0.1, 0.15) is 11.3 Å². The molecule has 1 heterocycles. The van der Waals surface area contributed by atoms with E-state index >= 15 is 0 Å². The summed E-state index contributed by atoms with van der Waals surface area (Å²) in [5, 5.41) is 4.43. The molecule has 5 nitrogen and oxygen atoms in total. The monoisotopic (exact) mass is 368 g/mol. The number of rotatable bonds is 6. The summed E-state index contributed by atoms with van der Waals surface area (Å²) in [4.78, 5) is 11.8. The van der Waals surface area contributed by atoms with Crippen molar-refractivity contribution in [3.63, 3.8) is 0 Å². The SMILES string of the molecule is COc1ccc(-c2ccc(/C=N/NC(=O)Cc3ccccc3)o2)cc1Cl. The van der Waals surface area contributed by atoms with E-state index in [0.717, 1.165) is 11.1 Å². The maximum absolute atomic E-state index is 11.8. The van der Waals surface area contributed by atoms with Crippen molar-refractivity contribution < 1.29 is 13.9 Å². The van der Waals surface area contributed by atoms with Crippen LogP contribution in [-0.2, 0) is 11.2 Å². The van der Waals surface area contributed by atoms with Crippen molar-refractivity contribution in [3.8, 4) is 17.1 Å². The van der Waals surface area contributed by atoms with Crippen LogP contribution in [-0.4, -0.2) is 19.2 Å². The Morgan fingerprint density at radius 2 is 2.00 bits per heavy atom. The molecule has 26 heavy (non-hydrogen) atoms. The van der Waals surface area contributed by atoms with Crippen molar-refractivity contribution in [1.29, 1.82) is 0 Å². The summed E-state index contributed by atoms with van der Waals surface area (Å²) in [7, 11) is 1.56. The molecule has 0 aliphatic rings. The number of furan rings is 1. The molecule has 3 aromatic rings. The lowest BCUT2D eigenvalue weighted by atomic mass is 10.1. The third-order valence-corrected chi connectivity index (χ3v) is 3.95. The summed E-state index contributed by atoms with van der Waals surface area (Å²) >= 11 is 6.13. The second-order valence-electron chi connectivity index (χ2n) is 5.51. The molecule has 0 fully saturated rings. The van der Waals surface area contributed by atoms with E-state index in [1.54, 1.807) is 25.3 Å². The molecule has 132 valence electrons. The molecule has 1 amide bonds. The number of carbonyl (C=O) groups excluding carboxylic acids is 1. The molecule has 0 saturated heterocycles. The Balaban J connectivity index is 1.60. The van der Waals surface area contributed by atoms with Crippen LogP contribution in [0.5, 0.6) is 5.75 Å². The van der Waals surface area contributed by atoms with Gasteiger partial charge in [0.05, 0.1) is 24.8 Å². The first-order valence-electron chi connectivity index (χ1n) is 7.95. The number of hydrogen-bond donors (Lipinski definition) is 1. The minimum Gasteiger partial charge on any atom is -0.495 e. The lowest BCUT2D eigenvalue weighted by Gasteiger charge is -2.04. The Morgan fingerprint density at radius 3 is 2.73 bits per heavy atom. The number of hydrogen-bond acceptors (Lipinski definition) is 4. The molecule has 0 atom stereocenters. The van der Waals surface area contributed by atoms with E-state index < -0.39 is 0 Å². The van der Waals surface area contributed by atoms with Gasteiger partial charge in [-0.3, -0.25) is 4.79 Å². The van der Waals surface area contributed by atoms with Gasteiger partial charge >= 0.3 is 0 Å². The molecule has 1 N–H and O–H groups in total. The van der Waals surface area contributed by atoms with Crippen LogP contribution in [0.3, 0.4) is 0 Å². The molecule has 0 spiro atoms.